The van der Waals surface area contributed by atoms with Gasteiger partial charge in [0.2, 0.25) is 0 Å². The van der Waals surface area contributed by atoms with Crippen LogP contribution in [0.5, 0.6) is 0 Å². The van der Waals surface area contributed by atoms with E-state index < -0.39 is 0 Å². The number of hydrogen-bond acceptors (Lipinski definition) is 0. The van der Waals surface area contributed by atoms with Crippen molar-refractivity contribution >= 4 is 64.6 Å². The highest BCUT2D eigenvalue weighted by Gasteiger charge is 2.36. The molecule has 0 amide bonds. The second-order valence-electron chi connectivity index (χ2n) is 19.3. The summed E-state index contributed by atoms with van der Waals surface area (Å²) in [5, 5.41) is 15.7. The van der Waals surface area contributed by atoms with Gasteiger partial charge >= 0.3 is 0 Å². The molecule has 11 aromatic carbocycles. The van der Waals surface area contributed by atoms with Gasteiger partial charge in [0, 0.05) is 5.41 Å². The summed E-state index contributed by atoms with van der Waals surface area (Å²) in [6.45, 7) is 14.1. The Morgan fingerprint density at radius 2 is 0.790 bits per heavy atom. The second kappa shape index (κ2) is 13.2. The van der Waals surface area contributed by atoms with E-state index in [0.29, 0.717) is 0 Å². The number of benzene rings is 11. The maximum atomic E-state index is 2.52. The van der Waals surface area contributed by atoms with Crippen molar-refractivity contribution in [1.82, 2.24) is 0 Å². The van der Waals surface area contributed by atoms with Crippen LogP contribution < -0.4 is 0 Å². The molecular weight excluding hydrogens is 745 g/mol. The van der Waals surface area contributed by atoms with E-state index in [2.05, 4.69) is 224 Å². The van der Waals surface area contributed by atoms with Gasteiger partial charge in [0.05, 0.1) is 0 Å². The van der Waals surface area contributed by atoms with Crippen molar-refractivity contribution < 1.29 is 0 Å². The summed E-state index contributed by atoms with van der Waals surface area (Å²) in [5.74, 6) is 0. The summed E-state index contributed by atoms with van der Waals surface area (Å²) in [6, 6.07) is 69.2. The summed E-state index contributed by atoms with van der Waals surface area (Å²) >= 11 is 0. The van der Waals surface area contributed by atoms with Crippen molar-refractivity contribution in [3.8, 4) is 44.5 Å². The van der Waals surface area contributed by atoms with Crippen LogP contribution in [0.25, 0.3) is 109 Å². The Balaban J connectivity index is 1.09. The Morgan fingerprint density at radius 1 is 0.323 bits per heavy atom. The Labute approximate surface area is 364 Å². The molecule has 11 aromatic rings. The van der Waals surface area contributed by atoms with Crippen LogP contribution in [0.4, 0.5) is 0 Å². The summed E-state index contributed by atoms with van der Waals surface area (Å²) in [6.07, 6.45) is 0. The maximum Gasteiger partial charge on any atom is 0.0159 e. The fourth-order valence-electron chi connectivity index (χ4n) is 11.1. The molecule has 12 rings (SSSR count). The molecule has 0 saturated heterocycles. The summed E-state index contributed by atoms with van der Waals surface area (Å²) in [5.41, 5.74) is 15.5. The molecule has 0 N–H and O–H groups in total. The zero-order valence-corrected chi connectivity index (χ0v) is 36.3. The first-order chi connectivity index (χ1) is 30.1. The van der Waals surface area contributed by atoms with E-state index in [9.17, 15) is 0 Å². The SMILES string of the molecule is Cc1cccc2c(-c3cc(-c4c5ccccc5c(-c5ccc6c(c5)C(C)(C)c5cc7c8ccccc8c8ccccc8c7cc5-6)c5ccccc45)cc(C(C)(C)C)c3)cccc12. The molecule has 0 fully saturated rings. The largest absolute Gasteiger partial charge is 0.0616 e. The lowest BCUT2D eigenvalue weighted by Gasteiger charge is -2.24. The van der Waals surface area contributed by atoms with Crippen LogP contribution in [0.3, 0.4) is 0 Å². The lowest BCUT2D eigenvalue weighted by atomic mass is 9.79. The van der Waals surface area contributed by atoms with Crippen molar-refractivity contribution in [1.29, 1.82) is 0 Å². The fraction of sp³-hybridized carbons (Fsp3) is 0.129. The van der Waals surface area contributed by atoms with Gasteiger partial charge in [-0.15, -0.1) is 0 Å². The molecule has 1 aliphatic carbocycles. The molecule has 0 bridgehead atoms. The molecule has 0 saturated carbocycles. The highest BCUT2D eigenvalue weighted by Crippen LogP contribution is 2.54. The molecule has 0 aliphatic heterocycles. The minimum Gasteiger partial charge on any atom is -0.0616 e. The highest BCUT2D eigenvalue weighted by molar-refractivity contribution is 6.26. The first-order valence-electron chi connectivity index (χ1n) is 22.2. The van der Waals surface area contributed by atoms with Crippen LogP contribution in [0.2, 0.25) is 0 Å². The first kappa shape index (κ1) is 36.8. The van der Waals surface area contributed by atoms with Gasteiger partial charge in [0.25, 0.3) is 0 Å². The highest BCUT2D eigenvalue weighted by atomic mass is 14.4. The molecule has 1 aliphatic rings. The van der Waals surface area contributed by atoms with E-state index in [1.54, 1.807) is 0 Å². The van der Waals surface area contributed by atoms with Gasteiger partial charge in [0.15, 0.2) is 0 Å². The summed E-state index contributed by atoms with van der Waals surface area (Å²) < 4.78 is 0. The van der Waals surface area contributed by atoms with E-state index >= 15 is 0 Å². The van der Waals surface area contributed by atoms with E-state index in [1.165, 1.54) is 131 Å². The predicted octanol–water partition coefficient (Wildman–Crippen LogP) is 17.5. The Morgan fingerprint density at radius 3 is 1.39 bits per heavy atom. The summed E-state index contributed by atoms with van der Waals surface area (Å²) in [4.78, 5) is 0. The van der Waals surface area contributed by atoms with E-state index in [-0.39, 0.29) is 10.8 Å². The number of rotatable bonds is 3. The normalized spacial score (nSPS) is 13.5. The van der Waals surface area contributed by atoms with Crippen molar-refractivity contribution in [2.24, 2.45) is 0 Å². The Kier molecular flexibility index (Phi) is 7.86. The van der Waals surface area contributed by atoms with Crippen molar-refractivity contribution in [3.63, 3.8) is 0 Å². The third-order valence-electron chi connectivity index (χ3n) is 14.3. The van der Waals surface area contributed by atoms with Gasteiger partial charge in [-0.25, -0.2) is 0 Å². The molecule has 0 nitrogen and oxygen atoms in total. The van der Waals surface area contributed by atoms with E-state index in [0.717, 1.165) is 0 Å². The lowest BCUT2D eigenvalue weighted by molar-refractivity contribution is 0.591. The van der Waals surface area contributed by atoms with Crippen molar-refractivity contribution in [3.05, 3.63) is 204 Å². The average molecular weight is 793 g/mol. The zero-order chi connectivity index (χ0) is 42.1. The van der Waals surface area contributed by atoms with Crippen LogP contribution >= 0.6 is 0 Å². The molecule has 0 heterocycles. The Bertz CT molecular complexity index is 3640. The molecule has 62 heavy (non-hydrogen) atoms. The van der Waals surface area contributed by atoms with E-state index in [4.69, 9.17) is 0 Å². The zero-order valence-electron chi connectivity index (χ0n) is 36.3. The maximum absolute atomic E-state index is 2.52. The van der Waals surface area contributed by atoms with Crippen molar-refractivity contribution in [2.75, 3.05) is 0 Å². The lowest BCUT2D eigenvalue weighted by Crippen LogP contribution is -2.15. The van der Waals surface area contributed by atoms with Gasteiger partial charge in [-0.3, -0.25) is 0 Å². The fourth-order valence-corrected chi connectivity index (χ4v) is 11.1. The van der Waals surface area contributed by atoms with Gasteiger partial charge in [-0.2, -0.15) is 0 Å². The topological polar surface area (TPSA) is 0 Å². The third-order valence-corrected chi connectivity index (χ3v) is 14.3. The van der Waals surface area contributed by atoms with Gasteiger partial charge < -0.3 is 0 Å². The van der Waals surface area contributed by atoms with Crippen LogP contribution in [0.1, 0.15) is 56.9 Å². The van der Waals surface area contributed by atoms with Crippen LogP contribution in [0.15, 0.2) is 182 Å². The molecule has 0 unspecified atom stereocenters. The Hall–Kier alpha value is -7.02. The van der Waals surface area contributed by atoms with E-state index in [1.807, 2.05) is 0 Å². The monoisotopic (exact) mass is 792 g/mol. The molecular formula is C62H48. The number of hydrogen-bond donors (Lipinski definition) is 0. The van der Waals surface area contributed by atoms with Crippen molar-refractivity contribution in [2.45, 2.75) is 52.4 Å². The van der Waals surface area contributed by atoms with Gasteiger partial charge in [-0.1, -0.05) is 192 Å². The minimum absolute atomic E-state index is 0.0440. The van der Waals surface area contributed by atoms with Gasteiger partial charge in [0.1, 0.15) is 0 Å². The van der Waals surface area contributed by atoms with Crippen LogP contribution in [-0.2, 0) is 10.8 Å². The van der Waals surface area contributed by atoms with Crippen LogP contribution in [0, 0.1) is 6.92 Å². The number of fused-ring (bicyclic) bond motifs is 12. The quantitative estimate of drug-likeness (QED) is 0.123. The molecule has 0 atom stereocenters. The third kappa shape index (κ3) is 5.32. The summed E-state index contributed by atoms with van der Waals surface area (Å²) in [7, 11) is 0. The average Bonchev–Trinajstić information content (AvgIpc) is 3.51. The molecule has 0 aromatic heterocycles. The number of aryl methyl sites for hydroxylation is 1. The van der Waals surface area contributed by atoms with Crippen LogP contribution in [-0.4, -0.2) is 0 Å². The molecule has 296 valence electrons. The second-order valence-corrected chi connectivity index (χ2v) is 19.3. The smallest absolute Gasteiger partial charge is 0.0159 e. The minimum atomic E-state index is -0.183. The molecule has 0 heteroatoms. The van der Waals surface area contributed by atoms with Gasteiger partial charge in [-0.05, 0) is 168 Å². The predicted molar refractivity (Wildman–Crippen MR) is 269 cm³/mol. The first-order valence-corrected chi connectivity index (χ1v) is 22.2. The standard InChI is InChI=1S/C62H48/c1-37-17-15-28-44-42(37)26-16-27-43(44)39-31-40(33-41(32-39)61(2,3)4)60-52-24-13-11-22-50(52)59(51-23-12-14-25-53(51)60)38-29-30-49-56-35-54-47-20-9-7-18-45(47)46-19-8-10-21-48(46)55(54)36-58(56)62(5,6)57(49)34-38/h7-36H,1-6H3. The molecule has 0 spiro atoms. The molecule has 0 radical (unpaired) electrons.